The first-order valence-corrected chi connectivity index (χ1v) is 7.67. The van der Waals surface area contributed by atoms with Gasteiger partial charge in [0.15, 0.2) is 12.0 Å². The third-order valence-electron chi connectivity index (χ3n) is 4.07. The van der Waals surface area contributed by atoms with E-state index in [-0.39, 0.29) is 13.1 Å². The van der Waals surface area contributed by atoms with Gasteiger partial charge < -0.3 is 9.73 Å². The summed E-state index contributed by atoms with van der Waals surface area (Å²) in [5, 5.41) is 2.70. The van der Waals surface area contributed by atoms with E-state index in [1.807, 2.05) is 6.07 Å². The zero-order chi connectivity index (χ0) is 17.4. The fourth-order valence-corrected chi connectivity index (χ4v) is 2.79. The van der Waals surface area contributed by atoms with Crippen LogP contribution in [0.2, 0.25) is 0 Å². The molecule has 2 aromatic carbocycles. The first kappa shape index (κ1) is 15.1. The molecule has 1 aromatic heterocycles. The first-order valence-electron chi connectivity index (χ1n) is 7.67. The average molecular weight is 335 g/mol. The number of rotatable bonds is 4. The smallest absolute Gasteiger partial charge is 0.262 e. The van der Waals surface area contributed by atoms with Gasteiger partial charge in [-0.3, -0.25) is 19.3 Å². The maximum absolute atomic E-state index is 12.2. The summed E-state index contributed by atoms with van der Waals surface area (Å²) in [4.78, 5) is 41.6. The molecule has 0 bridgehead atoms. The minimum Gasteiger partial charge on any atom is -0.443 e. The minimum atomic E-state index is -0.446. The molecule has 0 radical (unpaired) electrons. The van der Waals surface area contributed by atoms with E-state index in [1.54, 1.807) is 36.4 Å². The molecular formula is C18H13N3O4. The Labute approximate surface area is 142 Å². The number of aromatic nitrogens is 1. The Balaban J connectivity index is 1.41. The van der Waals surface area contributed by atoms with E-state index in [2.05, 4.69) is 10.3 Å². The number of hydrogen-bond donors (Lipinski definition) is 1. The molecule has 0 spiro atoms. The molecule has 1 aliphatic rings. The minimum absolute atomic E-state index is 0.263. The van der Waals surface area contributed by atoms with Crippen LogP contribution >= 0.6 is 0 Å². The lowest BCUT2D eigenvalue weighted by Crippen LogP contribution is -2.40. The van der Waals surface area contributed by atoms with Gasteiger partial charge >= 0.3 is 0 Å². The monoisotopic (exact) mass is 335 g/mol. The van der Waals surface area contributed by atoms with Gasteiger partial charge in [-0.05, 0) is 29.8 Å². The fourth-order valence-electron chi connectivity index (χ4n) is 2.79. The highest BCUT2D eigenvalue weighted by molar-refractivity contribution is 6.22. The summed E-state index contributed by atoms with van der Waals surface area (Å²) in [5.74, 6) is -1.30. The van der Waals surface area contributed by atoms with Crippen LogP contribution in [0.4, 0.5) is 0 Å². The van der Waals surface area contributed by atoms with Gasteiger partial charge in [-0.2, -0.15) is 0 Å². The van der Waals surface area contributed by atoms with E-state index in [0.717, 1.165) is 16.0 Å². The molecule has 2 heterocycles. The third-order valence-corrected chi connectivity index (χ3v) is 4.07. The SMILES string of the molecule is O=C(CN1C(=O)c2ccccc2C1=O)NCc1ccc2ncoc2c1. The largest absolute Gasteiger partial charge is 0.443 e. The van der Waals surface area contributed by atoms with E-state index < -0.39 is 17.7 Å². The van der Waals surface area contributed by atoms with Crippen molar-refractivity contribution in [2.24, 2.45) is 0 Å². The molecule has 25 heavy (non-hydrogen) atoms. The summed E-state index contributed by atoms with van der Waals surface area (Å²) in [7, 11) is 0. The van der Waals surface area contributed by atoms with E-state index in [1.165, 1.54) is 6.39 Å². The Bertz CT molecular complexity index is 973. The molecule has 0 saturated carbocycles. The Morgan fingerprint density at radius 2 is 1.80 bits per heavy atom. The number of oxazole rings is 1. The Hall–Kier alpha value is -3.48. The number of carbonyl (C=O) groups is 3. The molecule has 124 valence electrons. The molecule has 3 amide bonds. The Morgan fingerprint density at radius 3 is 2.52 bits per heavy atom. The van der Waals surface area contributed by atoms with Crippen molar-refractivity contribution in [2.75, 3.05) is 6.54 Å². The van der Waals surface area contributed by atoms with Crippen LogP contribution in [0.15, 0.2) is 53.3 Å². The highest BCUT2D eigenvalue weighted by Gasteiger charge is 2.36. The van der Waals surface area contributed by atoms with Gasteiger partial charge in [-0.1, -0.05) is 18.2 Å². The third kappa shape index (κ3) is 2.65. The molecular weight excluding hydrogens is 322 g/mol. The predicted octanol–water partition coefficient (Wildman–Crippen LogP) is 1.74. The fraction of sp³-hybridized carbons (Fsp3) is 0.111. The summed E-state index contributed by atoms with van der Waals surface area (Å²) in [6, 6.07) is 11.9. The van der Waals surface area contributed by atoms with Gasteiger partial charge in [0.2, 0.25) is 5.91 Å². The molecule has 0 unspecified atom stereocenters. The quantitative estimate of drug-likeness (QED) is 0.733. The zero-order valence-electron chi connectivity index (χ0n) is 13.1. The van der Waals surface area contributed by atoms with E-state index >= 15 is 0 Å². The van der Waals surface area contributed by atoms with Gasteiger partial charge in [0.25, 0.3) is 11.8 Å². The number of carbonyl (C=O) groups excluding carboxylic acids is 3. The van der Waals surface area contributed by atoms with E-state index in [9.17, 15) is 14.4 Å². The lowest BCUT2D eigenvalue weighted by molar-refractivity contribution is -0.121. The molecule has 7 heteroatoms. The lowest BCUT2D eigenvalue weighted by atomic mass is 10.1. The highest BCUT2D eigenvalue weighted by atomic mass is 16.3. The van der Waals surface area contributed by atoms with Crippen molar-refractivity contribution >= 4 is 28.8 Å². The van der Waals surface area contributed by atoms with Crippen LogP contribution in [0.5, 0.6) is 0 Å². The highest BCUT2D eigenvalue weighted by Crippen LogP contribution is 2.22. The zero-order valence-corrected chi connectivity index (χ0v) is 13.1. The summed E-state index contributed by atoms with van der Waals surface area (Å²) in [6.07, 6.45) is 1.36. The van der Waals surface area contributed by atoms with Gasteiger partial charge in [-0.15, -0.1) is 0 Å². The van der Waals surface area contributed by atoms with Crippen LogP contribution in [0, 0.1) is 0 Å². The summed E-state index contributed by atoms with van der Waals surface area (Å²) in [6.45, 7) is -0.0461. The summed E-state index contributed by atoms with van der Waals surface area (Å²) >= 11 is 0. The van der Waals surface area contributed by atoms with Crippen molar-refractivity contribution in [2.45, 2.75) is 6.54 Å². The second kappa shape index (κ2) is 5.86. The van der Waals surface area contributed by atoms with Gasteiger partial charge in [-0.25, -0.2) is 4.98 Å². The number of imide groups is 1. The van der Waals surface area contributed by atoms with Crippen LogP contribution in [0.3, 0.4) is 0 Å². The Kier molecular flexibility index (Phi) is 3.53. The topological polar surface area (TPSA) is 92.5 Å². The van der Waals surface area contributed by atoms with Crippen molar-refractivity contribution in [1.82, 2.24) is 15.2 Å². The molecule has 3 aromatic rings. The molecule has 0 fully saturated rings. The maximum atomic E-state index is 12.2. The molecule has 4 rings (SSSR count). The number of fused-ring (bicyclic) bond motifs is 2. The van der Waals surface area contributed by atoms with Crippen LogP contribution in [0.25, 0.3) is 11.1 Å². The maximum Gasteiger partial charge on any atom is 0.262 e. The summed E-state index contributed by atoms with van der Waals surface area (Å²) < 4.78 is 5.22. The molecule has 7 nitrogen and oxygen atoms in total. The molecule has 0 saturated heterocycles. The normalized spacial score (nSPS) is 13.4. The van der Waals surface area contributed by atoms with Crippen LogP contribution in [0.1, 0.15) is 26.3 Å². The number of benzene rings is 2. The number of nitrogens with one attached hydrogen (secondary N) is 1. The number of nitrogens with zero attached hydrogens (tertiary/aromatic N) is 2. The predicted molar refractivity (Wildman–Crippen MR) is 87.7 cm³/mol. The second-order valence-corrected chi connectivity index (χ2v) is 5.67. The molecule has 1 aliphatic heterocycles. The average Bonchev–Trinajstić information content (AvgIpc) is 3.19. The van der Waals surface area contributed by atoms with Crippen molar-refractivity contribution in [1.29, 1.82) is 0 Å². The van der Waals surface area contributed by atoms with Gasteiger partial charge in [0.1, 0.15) is 12.1 Å². The van der Waals surface area contributed by atoms with Crippen LogP contribution in [-0.2, 0) is 11.3 Å². The summed E-state index contributed by atoms with van der Waals surface area (Å²) in [5.41, 5.74) is 2.86. The van der Waals surface area contributed by atoms with Crippen molar-refractivity contribution < 1.29 is 18.8 Å². The van der Waals surface area contributed by atoms with Crippen molar-refractivity contribution in [3.63, 3.8) is 0 Å². The van der Waals surface area contributed by atoms with Crippen LogP contribution in [-0.4, -0.2) is 34.2 Å². The standard InChI is InChI=1S/C18H13N3O4/c22-16(19-8-11-5-6-14-15(7-11)25-10-20-14)9-21-17(23)12-3-1-2-4-13(12)18(21)24/h1-7,10H,8-9H2,(H,19,22). The van der Waals surface area contributed by atoms with Crippen molar-refractivity contribution in [3.8, 4) is 0 Å². The van der Waals surface area contributed by atoms with Crippen molar-refractivity contribution in [3.05, 3.63) is 65.5 Å². The van der Waals surface area contributed by atoms with Gasteiger partial charge in [0, 0.05) is 6.54 Å². The van der Waals surface area contributed by atoms with E-state index in [4.69, 9.17) is 4.42 Å². The number of hydrogen-bond acceptors (Lipinski definition) is 5. The molecule has 0 atom stereocenters. The van der Waals surface area contributed by atoms with Crippen LogP contribution < -0.4 is 5.32 Å². The first-order chi connectivity index (χ1) is 12.1. The molecule has 0 aliphatic carbocycles. The van der Waals surface area contributed by atoms with Gasteiger partial charge in [0.05, 0.1) is 11.1 Å². The number of amides is 3. The molecule has 1 N–H and O–H groups in total. The Morgan fingerprint density at radius 1 is 1.08 bits per heavy atom. The lowest BCUT2D eigenvalue weighted by Gasteiger charge is -2.13. The van der Waals surface area contributed by atoms with E-state index in [0.29, 0.717) is 16.7 Å². The second-order valence-electron chi connectivity index (χ2n) is 5.67.